The quantitative estimate of drug-likeness (QED) is 0.806. The first-order valence-electron chi connectivity index (χ1n) is 7.82. The average molecular weight is 372 g/mol. The topological polar surface area (TPSA) is 108 Å². The van der Waals surface area contributed by atoms with Crippen molar-refractivity contribution in [2.75, 3.05) is 5.32 Å². The average Bonchev–Trinajstić information content (AvgIpc) is 3.11. The number of anilines is 1. The van der Waals surface area contributed by atoms with Crippen LogP contribution in [-0.2, 0) is 24.1 Å². The van der Waals surface area contributed by atoms with Gasteiger partial charge >= 0.3 is 6.18 Å². The van der Waals surface area contributed by atoms with Gasteiger partial charge in [0, 0.05) is 18.4 Å². The lowest BCUT2D eigenvalue weighted by atomic mass is 10.1. The molecule has 2 aromatic heterocycles. The second-order valence-corrected chi connectivity index (χ2v) is 5.85. The molecule has 0 aliphatic carbocycles. The standard InChI is InChI=1S/C15H19F3N6O2/c1-4-23-7-10(12(22-23)13(19)25)20-14(26)8(2)6-24-9(3)5-11(21-24)15(16,17)18/h5,7-8H,4,6H2,1-3H3,(H2,19,25)(H,20,26)/t8-/m0/s1. The van der Waals surface area contributed by atoms with Crippen LogP contribution in [0.1, 0.15) is 35.7 Å². The van der Waals surface area contributed by atoms with Gasteiger partial charge in [-0.25, -0.2) is 0 Å². The van der Waals surface area contributed by atoms with Gasteiger partial charge in [0.25, 0.3) is 5.91 Å². The Balaban J connectivity index is 2.13. The summed E-state index contributed by atoms with van der Waals surface area (Å²) in [6.45, 7) is 5.23. The number of hydrogen-bond donors (Lipinski definition) is 2. The van der Waals surface area contributed by atoms with Crippen molar-refractivity contribution in [1.82, 2.24) is 19.6 Å². The van der Waals surface area contributed by atoms with Gasteiger partial charge in [-0.1, -0.05) is 6.92 Å². The van der Waals surface area contributed by atoms with Gasteiger partial charge in [-0.3, -0.25) is 19.0 Å². The predicted octanol–water partition coefficient (Wildman–Crippen LogP) is 1.80. The van der Waals surface area contributed by atoms with E-state index in [4.69, 9.17) is 5.73 Å². The van der Waals surface area contributed by atoms with Crippen LogP contribution in [0, 0.1) is 12.8 Å². The molecule has 8 nitrogen and oxygen atoms in total. The van der Waals surface area contributed by atoms with Crippen LogP contribution in [0.15, 0.2) is 12.3 Å². The minimum absolute atomic E-state index is 0.0540. The Morgan fingerprint density at radius 3 is 2.50 bits per heavy atom. The number of primary amides is 1. The van der Waals surface area contributed by atoms with Crippen molar-refractivity contribution >= 4 is 17.5 Å². The van der Waals surface area contributed by atoms with E-state index >= 15 is 0 Å². The molecule has 2 rings (SSSR count). The summed E-state index contributed by atoms with van der Waals surface area (Å²) in [6, 6.07) is 0.918. The first kappa shape index (κ1) is 19.5. The third-order valence-corrected chi connectivity index (χ3v) is 3.74. The number of nitrogens with two attached hydrogens (primary N) is 1. The number of nitrogens with one attached hydrogen (secondary N) is 1. The lowest BCUT2D eigenvalue weighted by Gasteiger charge is -2.13. The molecule has 142 valence electrons. The molecule has 0 fully saturated rings. The maximum atomic E-state index is 12.7. The smallest absolute Gasteiger partial charge is 0.364 e. The summed E-state index contributed by atoms with van der Waals surface area (Å²) >= 11 is 0. The van der Waals surface area contributed by atoms with Crippen LogP contribution in [0.3, 0.4) is 0 Å². The van der Waals surface area contributed by atoms with Crippen molar-refractivity contribution in [3.8, 4) is 0 Å². The van der Waals surface area contributed by atoms with E-state index in [9.17, 15) is 22.8 Å². The van der Waals surface area contributed by atoms with Crippen LogP contribution in [-0.4, -0.2) is 31.4 Å². The van der Waals surface area contributed by atoms with Crippen LogP contribution in [0.5, 0.6) is 0 Å². The van der Waals surface area contributed by atoms with Crippen LogP contribution >= 0.6 is 0 Å². The Morgan fingerprint density at radius 2 is 2.00 bits per heavy atom. The molecule has 2 heterocycles. The Bertz CT molecular complexity index is 824. The van der Waals surface area contributed by atoms with Crippen molar-refractivity contribution in [2.24, 2.45) is 11.7 Å². The molecule has 0 spiro atoms. The molecule has 0 aliphatic heterocycles. The number of alkyl halides is 3. The van der Waals surface area contributed by atoms with Crippen molar-refractivity contribution in [2.45, 2.75) is 40.0 Å². The van der Waals surface area contributed by atoms with E-state index < -0.39 is 29.6 Å². The monoisotopic (exact) mass is 372 g/mol. The van der Waals surface area contributed by atoms with Crippen LogP contribution < -0.4 is 11.1 Å². The van der Waals surface area contributed by atoms with Gasteiger partial charge in [-0.05, 0) is 19.9 Å². The minimum atomic E-state index is -4.55. The van der Waals surface area contributed by atoms with E-state index in [2.05, 4.69) is 15.5 Å². The first-order valence-corrected chi connectivity index (χ1v) is 7.82. The molecule has 0 unspecified atom stereocenters. The molecule has 0 radical (unpaired) electrons. The molecule has 3 N–H and O–H groups in total. The van der Waals surface area contributed by atoms with Gasteiger partial charge < -0.3 is 11.1 Å². The SMILES string of the molecule is CCn1cc(NC(=O)[C@@H](C)Cn2nc(C(F)(F)F)cc2C)c(C(N)=O)n1. The molecule has 0 aliphatic rings. The highest BCUT2D eigenvalue weighted by molar-refractivity contribution is 6.01. The summed E-state index contributed by atoms with van der Waals surface area (Å²) in [4.78, 5) is 23.7. The first-order chi connectivity index (χ1) is 12.0. The van der Waals surface area contributed by atoms with E-state index in [1.165, 1.54) is 24.7 Å². The number of carbonyl (C=O) groups excluding carboxylic acids is 2. The number of aromatic nitrogens is 4. The van der Waals surface area contributed by atoms with Gasteiger partial charge in [0.15, 0.2) is 11.4 Å². The molecule has 2 aromatic rings. The summed E-state index contributed by atoms with van der Waals surface area (Å²) < 4.78 is 40.7. The lowest BCUT2D eigenvalue weighted by molar-refractivity contribution is -0.141. The molecule has 26 heavy (non-hydrogen) atoms. The molecular weight excluding hydrogens is 353 g/mol. The molecule has 11 heteroatoms. The van der Waals surface area contributed by atoms with E-state index in [1.807, 2.05) is 0 Å². The number of carbonyl (C=O) groups is 2. The highest BCUT2D eigenvalue weighted by Crippen LogP contribution is 2.28. The zero-order valence-corrected chi connectivity index (χ0v) is 14.5. The van der Waals surface area contributed by atoms with E-state index in [0.29, 0.717) is 6.54 Å². The second-order valence-electron chi connectivity index (χ2n) is 5.85. The summed E-state index contributed by atoms with van der Waals surface area (Å²) in [5.74, 6) is -2.00. The van der Waals surface area contributed by atoms with Crippen LogP contribution in [0.25, 0.3) is 0 Å². The maximum Gasteiger partial charge on any atom is 0.435 e. The fourth-order valence-corrected chi connectivity index (χ4v) is 2.29. The number of hydrogen-bond acceptors (Lipinski definition) is 4. The van der Waals surface area contributed by atoms with Crippen LogP contribution in [0.2, 0.25) is 0 Å². The number of aryl methyl sites for hydroxylation is 2. The van der Waals surface area contributed by atoms with Crippen molar-refractivity contribution in [3.63, 3.8) is 0 Å². The molecule has 2 amide bonds. The van der Waals surface area contributed by atoms with Crippen LogP contribution in [0.4, 0.5) is 18.9 Å². The predicted molar refractivity (Wildman–Crippen MR) is 86.2 cm³/mol. The Kier molecular flexibility index (Phi) is 5.38. The second kappa shape index (κ2) is 7.18. The number of amides is 2. The van der Waals surface area contributed by atoms with Gasteiger partial charge in [-0.15, -0.1) is 0 Å². The Labute approximate surface area is 147 Å². The summed E-state index contributed by atoms with van der Waals surface area (Å²) in [6.07, 6.45) is -3.09. The van der Waals surface area contributed by atoms with Gasteiger partial charge in [0.05, 0.1) is 18.2 Å². The van der Waals surface area contributed by atoms with E-state index in [1.54, 1.807) is 6.92 Å². The molecular formula is C15H19F3N6O2. The zero-order valence-electron chi connectivity index (χ0n) is 14.5. The van der Waals surface area contributed by atoms with Gasteiger partial charge in [-0.2, -0.15) is 23.4 Å². The Hall–Kier alpha value is -2.85. The lowest BCUT2D eigenvalue weighted by Crippen LogP contribution is -2.26. The third-order valence-electron chi connectivity index (χ3n) is 3.74. The van der Waals surface area contributed by atoms with E-state index in [0.717, 1.165) is 10.7 Å². The fraction of sp³-hybridized carbons (Fsp3) is 0.467. The molecule has 0 saturated heterocycles. The van der Waals surface area contributed by atoms with Crippen molar-refractivity contribution in [1.29, 1.82) is 0 Å². The number of nitrogens with zero attached hydrogens (tertiary/aromatic N) is 4. The minimum Gasteiger partial charge on any atom is -0.364 e. The van der Waals surface area contributed by atoms with Gasteiger partial charge in [0.1, 0.15) is 0 Å². The molecule has 0 saturated carbocycles. The highest BCUT2D eigenvalue weighted by Gasteiger charge is 2.34. The maximum absolute atomic E-state index is 12.7. The highest BCUT2D eigenvalue weighted by atomic mass is 19.4. The third kappa shape index (κ3) is 4.21. The van der Waals surface area contributed by atoms with E-state index in [-0.39, 0.29) is 23.6 Å². The largest absolute Gasteiger partial charge is 0.435 e. The summed E-state index contributed by atoms with van der Waals surface area (Å²) in [5, 5.41) is 9.99. The number of halogens is 3. The Morgan fingerprint density at radius 1 is 1.35 bits per heavy atom. The van der Waals surface area contributed by atoms with Gasteiger partial charge in [0.2, 0.25) is 5.91 Å². The summed E-state index contributed by atoms with van der Waals surface area (Å²) in [7, 11) is 0. The summed E-state index contributed by atoms with van der Waals surface area (Å²) in [5.41, 5.74) is 4.58. The van der Waals surface area contributed by atoms with Crippen molar-refractivity contribution in [3.05, 3.63) is 29.3 Å². The zero-order chi connectivity index (χ0) is 19.6. The molecule has 0 bridgehead atoms. The molecule has 1 atom stereocenters. The van der Waals surface area contributed by atoms with Crippen molar-refractivity contribution < 1.29 is 22.8 Å². The normalized spacial score (nSPS) is 12.8. The fourth-order valence-electron chi connectivity index (χ4n) is 2.29. The molecule has 0 aromatic carbocycles. The number of rotatable bonds is 6.